The standard InChI is InChI=1S/C14H12I3NO2/c15-10-5-8(3-4-18)1-2-13(10)20-9-6-11(16)14(19)12(17)7-9/h1-2,5-7,19H,3-4,18H2. The van der Waals surface area contributed by atoms with Crippen molar-refractivity contribution in [2.75, 3.05) is 6.54 Å². The summed E-state index contributed by atoms with van der Waals surface area (Å²) in [6, 6.07) is 9.71. The first-order chi connectivity index (χ1) is 9.51. The van der Waals surface area contributed by atoms with E-state index in [1.807, 2.05) is 24.3 Å². The highest BCUT2D eigenvalue weighted by Gasteiger charge is 2.09. The maximum atomic E-state index is 9.76. The molecule has 0 fully saturated rings. The molecule has 0 saturated carbocycles. The molecule has 0 atom stereocenters. The summed E-state index contributed by atoms with van der Waals surface area (Å²) >= 11 is 6.44. The van der Waals surface area contributed by atoms with Gasteiger partial charge in [-0.15, -0.1) is 0 Å². The Morgan fingerprint density at radius 2 is 1.65 bits per heavy atom. The molecule has 106 valence electrons. The van der Waals surface area contributed by atoms with Crippen LogP contribution in [0.2, 0.25) is 0 Å². The molecule has 0 saturated heterocycles. The number of phenols is 1. The van der Waals surface area contributed by atoms with Crippen molar-refractivity contribution in [3.63, 3.8) is 0 Å². The highest BCUT2D eigenvalue weighted by molar-refractivity contribution is 14.1. The zero-order valence-corrected chi connectivity index (χ0v) is 16.8. The van der Waals surface area contributed by atoms with Crippen molar-refractivity contribution in [1.82, 2.24) is 0 Å². The molecule has 0 spiro atoms. The van der Waals surface area contributed by atoms with Crippen molar-refractivity contribution in [1.29, 1.82) is 0 Å². The van der Waals surface area contributed by atoms with Crippen LogP contribution in [0.5, 0.6) is 17.2 Å². The van der Waals surface area contributed by atoms with E-state index in [9.17, 15) is 5.11 Å². The second kappa shape index (κ2) is 7.45. The number of nitrogens with two attached hydrogens (primary N) is 1. The number of benzene rings is 2. The average molecular weight is 607 g/mol. The molecule has 2 aromatic carbocycles. The number of phenolic OH excluding ortho intramolecular Hbond substituents is 1. The van der Waals surface area contributed by atoms with E-state index in [0.29, 0.717) is 12.3 Å². The van der Waals surface area contributed by atoms with Gasteiger partial charge in [0.25, 0.3) is 0 Å². The van der Waals surface area contributed by atoms with Gasteiger partial charge in [-0.3, -0.25) is 0 Å². The first-order valence-electron chi connectivity index (χ1n) is 5.85. The Morgan fingerprint density at radius 1 is 1.00 bits per heavy atom. The topological polar surface area (TPSA) is 55.5 Å². The summed E-state index contributed by atoms with van der Waals surface area (Å²) in [7, 11) is 0. The summed E-state index contributed by atoms with van der Waals surface area (Å²) in [4.78, 5) is 0. The highest BCUT2D eigenvalue weighted by atomic mass is 127. The molecule has 6 heteroatoms. The summed E-state index contributed by atoms with van der Waals surface area (Å²) < 4.78 is 8.50. The molecular formula is C14H12I3NO2. The zero-order valence-electron chi connectivity index (χ0n) is 10.4. The van der Waals surface area contributed by atoms with Crippen LogP contribution in [-0.4, -0.2) is 11.7 Å². The third kappa shape index (κ3) is 4.10. The molecule has 0 aliphatic heterocycles. The highest BCUT2D eigenvalue weighted by Crippen LogP contribution is 2.34. The van der Waals surface area contributed by atoms with Crippen LogP contribution in [0.15, 0.2) is 30.3 Å². The lowest BCUT2D eigenvalue weighted by Crippen LogP contribution is -2.02. The van der Waals surface area contributed by atoms with Gasteiger partial charge < -0.3 is 15.6 Å². The fraction of sp³-hybridized carbons (Fsp3) is 0.143. The summed E-state index contributed by atoms with van der Waals surface area (Å²) in [6.45, 7) is 0.643. The number of hydrogen-bond donors (Lipinski definition) is 2. The van der Waals surface area contributed by atoms with Gasteiger partial charge in [-0.25, -0.2) is 0 Å². The predicted molar refractivity (Wildman–Crippen MR) is 106 cm³/mol. The van der Waals surface area contributed by atoms with Crippen molar-refractivity contribution in [2.24, 2.45) is 5.73 Å². The van der Waals surface area contributed by atoms with Crippen LogP contribution >= 0.6 is 67.8 Å². The fourth-order valence-electron chi connectivity index (χ4n) is 1.68. The number of hydrogen-bond acceptors (Lipinski definition) is 3. The van der Waals surface area contributed by atoms with Crippen LogP contribution in [0.1, 0.15) is 5.56 Å². The average Bonchev–Trinajstić information content (AvgIpc) is 2.39. The summed E-state index contributed by atoms with van der Waals surface area (Å²) in [5.74, 6) is 1.83. The second-order valence-corrected chi connectivity index (χ2v) is 7.63. The van der Waals surface area contributed by atoms with Gasteiger partial charge in [-0.1, -0.05) is 6.07 Å². The van der Waals surface area contributed by atoms with Crippen LogP contribution in [0, 0.1) is 10.7 Å². The molecule has 0 aromatic heterocycles. The second-order valence-electron chi connectivity index (χ2n) is 4.14. The van der Waals surface area contributed by atoms with Gasteiger partial charge in [0, 0.05) is 0 Å². The molecule has 0 aliphatic carbocycles. The van der Waals surface area contributed by atoms with E-state index < -0.39 is 0 Å². The number of rotatable bonds is 4. The molecular weight excluding hydrogens is 595 g/mol. The van der Waals surface area contributed by atoms with Gasteiger partial charge in [-0.05, 0) is 111 Å². The van der Waals surface area contributed by atoms with Gasteiger partial charge in [-0.2, -0.15) is 0 Å². The van der Waals surface area contributed by atoms with E-state index in [1.54, 1.807) is 0 Å². The molecule has 0 radical (unpaired) electrons. The van der Waals surface area contributed by atoms with Gasteiger partial charge in [0.05, 0.1) is 10.7 Å². The first kappa shape index (κ1) is 16.6. The maximum absolute atomic E-state index is 9.76. The van der Waals surface area contributed by atoms with E-state index in [1.165, 1.54) is 5.56 Å². The lowest BCUT2D eigenvalue weighted by Gasteiger charge is -2.11. The number of ether oxygens (including phenoxy) is 1. The van der Waals surface area contributed by atoms with Crippen LogP contribution in [0.4, 0.5) is 0 Å². The predicted octanol–water partition coefficient (Wildman–Crippen LogP) is 4.50. The van der Waals surface area contributed by atoms with Crippen LogP contribution in [0.3, 0.4) is 0 Å². The largest absolute Gasteiger partial charge is 0.506 e. The molecule has 2 aromatic rings. The Kier molecular flexibility index (Phi) is 6.17. The fourth-order valence-corrected chi connectivity index (χ4v) is 4.08. The van der Waals surface area contributed by atoms with E-state index in [4.69, 9.17) is 10.5 Å². The molecule has 0 aliphatic rings. The quantitative estimate of drug-likeness (QED) is 0.504. The molecule has 3 nitrogen and oxygen atoms in total. The smallest absolute Gasteiger partial charge is 0.142 e. The number of halogens is 3. The molecule has 0 unspecified atom stereocenters. The maximum Gasteiger partial charge on any atom is 0.142 e. The van der Waals surface area contributed by atoms with E-state index in [0.717, 1.165) is 28.6 Å². The third-order valence-corrected chi connectivity index (χ3v) is 5.14. The molecule has 3 N–H and O–H groups in total. The van der Waals surface area contributed by atoms with Gasteiger partial charge in [0.2, 0.25) is 0 Å². The van der Waals surface area contributed by atoms with E-state index in [2.05, 4.69) is 73.8 Å². The van der Waals surface area contributed by atoms with Crippen LogP contribution in [-0.2, 0) is 6.42 Å². The molecule has 2 rings (SSSR count). The monoisotopic (exact) mass is 607 g/mol. The van der Waals surface area contributed by atoms with Crippen molar-refractivity contribution in [2.45, 2.75) is 6.42 Å². The van der Waals surface area contributed by atoms with Crippen LogP contribution < -0.4 is 10.5 Å². The van der Waals surface area contributed by atoms with Crippen molar-refractivity contribution in [3.8, 4) is 17.2 Å². The normalized spacial score (nSPS) is 10.6. The minimum Gasteiger partial charge on any atom is -0.506 e. The first-order valence-corrected chi connectivity index (χ1v) is 9.09. The van der Waals surface area contributed by atoms with E-state index in [-0.39, 0.29) is 0 Å². The van der Waals surface area contributed by atoms with Gasteiger partial charge in [0.1, 0.15) is 17.2 Å². The Bertz CT molecular complexity index is 609. The lowest BCUT2D eigenvalue weighted by atomic mass is 10.1. The Labute approximate surface area is 158 Å². The molecule has 0 amide bonds. The third-order valence-electron chi connectivity index (χ3n) is 2.65. The minimum absolute atomic E-state index is 0.298. The Morgan fingerprint density at radius 3 is 2.20 bits per heavy atom. The Balaban J connectivity index is 2.26. The molecule has 0 heterocycles. The minimum atomic E-state index is 0.298. The summed E-state index contributed by atoms with van der Waals surface area (Å²) in [5, 5.41) is 9.76. The summed E-state index contributed by atoms with van der Waals surface area (Å²) in [5.41, 5.74) is 6.77. The van der Waals surface area contributed by atoms with Crippen LogP contribution in [0.25, 0.3) is 0 Å². The molecule has 20 heavy (non-hydrogen) atoms. The number of aromatic hydroxyl groups is 1. The SMILES string of the molecule is NCCc1ccc(Oc2cc(I)c(O)c(I)c2)c(I)c1. The summed E-state index contributed by atoms with van der Waals surface area (Å²) in [6.07, 6.45) is 0.866. The lowest BCUT2D eigenvalue weighted by molar-refractivity contribution is 0.456. The Hall–Kier alpha value is 0.190. The van der Waals surface area contributed by atoms with Crippen molar-refractivity contribution < 1.29 is 9.84 Å². The zero-order chi connectivity index (χ0) is 14.7. The van der Waals surface area contributed by atoms with Gasteiger partial charge >= 0.3 is 0 Å². The van der Waals surface area contributed by atoms with E-state index >= 15 is 0 Å². The van der Waals surface area contributed by atoms with Gasteiger partial charge in [0.15, 0.2) is 0 Å². The molecule has 0 bridgehead atoms. The van der Waals surface area contributed by atoms with Crippen molar-refractivity contribution >= 4 is 67.8 Å². The van der Waals surface area contributed by atoms with Crippen molar-refractivity contribution in [3.05, 3.63) is 46.6 Å².